The highest BCUT2D eigenvalue weighted by molar-refractivity contribution is 7.14. The second-order valence-electron chi connectivity index (χ2n) is 6.48. The number of aromatic hydroxyl groups is 1. The third-order valence-corrected chi connectivity index (χ3v) is 5.71. The van der Waals surface area contributed by atoms with Crippen LogP contribution in [0.25, 0.3) is 0 Å². The van der Waals surface area contributed by atoms with E-state index in [1.54, 1.807) is 36.4 Å². The van der Waals surface area contributed by atoms with E-state index in [-0.39, 0.29) is 17.6 Å². The van der Waals surface area contributed by atoms with Gasteiger partial charge in [0.25, 0.3) is 11.8 Å². The maximum Gasteiger partial charge on any atom is 0.263 e. The summed E-state index contributed by atoms with van der Waals surface area (Å²) in [4.78, 5) is 26.7. The number of carbonyl (C=O) groups excluding carboxylic acids is 2. The van der Waals surface area contributed by atoms with E-state index in [1.165, 1.54) is 11.3 Å². The standard InChI is InChI=1S/C22H22N2O3S/c1-14-15(2)28-20(19(14)24-21(26)17-6-4-3-5-7-17)22(27)23-13-12-16-8-10-18(25)11-9-16/h3-11,25H,12-13H2,1-2H3,(H,23,27)(H,24,26). The molecule has 0 bridgehead atoms. The van der Waals surface area contributed by atoms with Crippen molar-refractivity contribution in [2.75, 3.05) is 11.9 Å². The SMILES string of the molecule is Cc1sc(C(=O)NCCc2ccc(O)cc2)c(NC(=O)c2ccccc2)c1C. The molecule has 144 valence electrons. The van der Waals surface area contributed by atoms with E-state index in [9.17, 15) is 14.7 Å². The molecule has 0 aliphatic rings. The largest absolute Gasteiger partial charge is 0.508 e. The molecule has 0 aliphatic heterocycles. The van der Waals surface area contributed by atoms with Crippen LogP contribution in [0.15, 0.2) is 54.6 Å². The van der Waals surface area contributed by atoms with Gasteiger partial charge in [0.05, 0.1) is 5.69 Å². The van der Waals surface area contributed by atoms with E-state index in [0.29, 0.717) is 29.1 Å². The van der Waals surface area contributed by atoms with Gasteiger partial charge in [-0.05, 0) is 55.7 Å². The lowest BCUT2D eigenvalue weighted by Gasteiger charge is -2.09. The molecule has 2 amide bonds. The minimum Gasteiger partial charge on any atom is -0.508 e. The van der Waals surface area contributed by atoms with Crippen molar-refractivity contribution in [2.45, 2.75) is 20.3 Å². The van der Waals surface area contributed by atoms with Crippen LogP contribution in [-0.2, 0) is 6.42 Å². The van der Waals surface area contributed by atoms with Crippen molar-refractivity contribution in [3.63, 3.8) is 0 Å². The second-order valence-corrected chi connectivity index (χ2v) is 7.70. The summed E-state index contributed by atoms with van der Waals surface area (Å²) in [5.74, 6) is -0.223. The monoisotopic (exact) mass is 394 g/mol. The molecule has 0 saturated carbocycles. The summed E-state index contributed by atoms with van der Waals surface area (Å²) in [5.41, 5.74) is 3.04. The maximum atomic E-state index is 12.7. The molecule has 0 unspecified atom stereocenters. The molecule has 0 radical (unpaired) electrons. The molecule has 2 aromatic carbocycles. The Morgan fingerprint density at radius 1 is 0.964 bits per heavy atom. The Bertz CT molecular complexity index is 979. The van der Waals surface area contributed by atoms with Crippen LogP contribution in [0.2, 0.25) is 0 Å². The molecule has 0 aliphatic carbocycles. The average Bonchev–Trinajstić information content (AvgIpc) is 2.98. The lowest BCUT2D eigenvalue weighted by atomic mass is 10.1. The van der Waals surface area contributed by atoms with Crippen LogP contribution in [0, 0.1) is 13.8 Å². The number of benzene rings is 2. The van der Waals surface area contributed by atoms with Crippen molar-refractivity contribution in [1.82, 2.24) is 5.32 Å². The predicted octanol–water partition coefficient (Wildman–Crippen LogP) is 4.30. The van der Waals surface area contributed by atoms with E-state index in [2.05, 4.69) is 10.6 Å². The van der Waals surface area contributed by atoms with Gasteiger partial charge in [0.15, 0.2) is 0 Å². The fourth-order valence-electron chi connectivity index (χ4n) is 2.78. The van der Waals surface area contributed by atoms with Gasteiger partial charge in [-0.15, -0.1) is 11.3 Å². The number of hydrogen-bond acceptors (Lipinski definition) is 4. The fourth-order valence-corrected chi connectivity index (χ4v) is 3.81. The Labute approximate surface area is 168 Å². The Balaban J connectivity index is 1.69. The Morgan fingerprint density at radius 3 is 2.32 bits per heavy atom. The number of aryl methyl sites for hydroxylation is 1. The van der Waals surface area contributed by atoms with Crippen molar-refractivity contribution in [2.24, 2.45) is 0 Å². The first kappa shape index (κ1) is 19.6. The van der Waals surface area contributed by atoms with Crippen molar-refractivity contribution in [3.05, 3.63) is 81.0 Å². The van der Waals surface area contributed by atoms with Crippen LogP contribution in [0.5, 0.6) is 5.75 Å². The zero-order valence-corrected chi connectivity index (χ0v) is 16.6. The normalized spacial score (nSPS) is 10.5. The quantitative estimate of drug-likeness (QED) is 0.583. The Kier molecular flexibility index (Phi) is 6.11. The average molecular weight is 394 g/mol. The highest BCUT2D eigenvalue weighted by Crippen LogP contribution is 2.32. The fraction of sp³-hybridized carbons (Fsp3) is 0.182. The summed E-state index contributed by atoms with van der Waals surface area (Å²) in [6.07, 6.45) is 0.654. The number of thiophene rings is 1. The van der Waals surface area contributed by atoms with Gasteiger partial charge in [-0.2, -0.15) is 0 Å². The Morgan fingerprint density at radius 2 is 1.64 bits per heavy atom. The van der Waals surface area contributed by atoms with Gasteiger partial charge in [-0.1, -0.05) is 30.3 Å². The topological polar surface area (TPSA) is 78.4 Å². The van der Waals surface area contributed by atoms with E-state index in [4.69, 9.17) is 0 Å². The molecule has 6 heteroatoms. The van der Waals surface area contributed by atoms with Crippen LogP contribution in [0.4, 0.5) is 5.69 Å². The van der Waals surface area contributed by atoms with Gasteiger partial charge >= 0.3 is 0 Å². The first-order valence-electron chi connectivity index (χ1n) is 8.98. The van der Waals surface area contributed by atoms with E-state index in [0.717, 1.165) is 16.0 Å². The zero-order chi connectivity index (χ0) is 20.1. The number of phenolic OH excluding ortho intramolecular Hbond substituents is 1. The summed E-state index contributed by atoms with van der Waals surface area (Å²) < 4.78 is 0. The van der Waals surface area contributed by atoms with E-state index >= 15 is 0 Å². The number of phenols is 1. The summed E-state index contributed by atoms with van der Waals surface area (Å²) in [7, 11) is 0. The molecule has 1 heterocycles. The van der Waals surface area contributed by atoms with Crippen LogP contribution >= 0.6 is 11.3 Å². The molecule has 3 N–H and O–H groups in total. The third kappa shape index (κ3) is 4.58. The molecular formula is C22H22N2O3S. The van der Waals surface area contributed by atoms with Crippen molar-refractivity contribution < 1.29 is 14.7 Å². The van der Waals surface area contributed by atoms with Crippen molar-refractivity contribution in [3.8, 4) is 5.75 Å². The highest BCUT2D eigenvalue weighted by Gasteiger charge is 2.20. The molecule has 28 heavy (non-hydrogen) atoms. The molecule has 3 aromatic rings. The van der Waals surface area contributed by atoms with Gasteiger partial charge in [0, 0.05) is 17.0 Å². The molecule has 0 atom stereocenters. The summed E-state index contributed by atoms with van der Waals surface area (Å²) in [6.45, 7) is 4.30. The first-order valence-corrected chi connectivity index (χ1v) is 9.80. The molecule has 5 nitrogen and oxygen atoms in total. The summed E-state index contributed by atoms with van der Waals surface area (Å²) in [5, 5.41) is 15.1. The van der Waals surface area contributed by atoms with Crippen LogP contribution < -0.4 is 10.6 Å². The molecule has 0 fully saturated rings. The number of nitrogens with one attached hydrogen (secondary N) is 2. The Hall–Kier alpha value is -3.12. The van der Waals surface area contributed by atoms with Crippen molar-refractivity contribution >= 4 is 28.8 Å². The number of anilines is 1. The van der Waals surface area contributed by atoms with Crippen LogP contribution in [-0.4, -0.2) is 23.5 Å². The smallest absolute Gasteiger partial charge is 0.263 e. The lowest BCUT2D eigenvalue weighted by Crippen LogP contribution is -2.26. The first-order chi connectivity index (χ1) is 13.5. The summed E-state index contributed by atoms with van der Waals surface area (Å²) in [6, 6.07) is 15.8. The van der Waals surface area contributed by atoms with Gasteiger partial charge in [0.2, 0.25) is 0 Å². The molecule has 0 spiro atoms. The van der Waals surface area contributed by atoms with Crippen LogP contribution in [0.1, 0.15) is 36.0 Å². The van der Waals surface area contributed by atoms with Gasteiger partial charge in [-0.25, -0.2) is 0 Å². The molecular weight excluding hydrogens is 372 g/mol. The number of amides is 2. The highest BCUT2D eigenvalue weighted by atomic mass is 32.1. The lowest BCUT2D eigenvalue weighted by molar-refractivity contribution is 0.0959. The van der Waals surface area contributed by atoms with E-state index < -0.39 is 0 Å². The van der Waals surface area contributed by atoms with Gasteiger partial charge in [0.1, 0.15) is 10.6 Å². The minimum absolute atomic E-state index is 0.205. The van der Waals surface area contributed by atoms with Gasteiger partial charge in [-0.3, -0.25) is 9.59 Å². The molecule has 3 rings (SSSR count). The molecule has 0 saturated heterocycles. The van der Waals surface area contributed by atoms with Crippen LogP contribution in [0.3, 0.4) is 0 Å². The van der Waals surface area contributed by atoms with E-state index in [1.807, 2.05) is 32.0 Å². The number of carbonyl (C=O) groups is 2. The number of rotatable bonds is 6. The number of hydrogen-bond donors (Lipinski definition) is 3. The second kappa shape index (κ2) is 8.71. The predicted molar refractivity (Wildman–Crippen MR) is 112 cm³/mol. The molecule has 1 aromatic heterocycles. The minimum atomic E-state index is -0.236. The van der Waals surface area contributed by atoms with Gasteiger partial charge < -0.3 is 15.7 Å². The maximum absolute atomic E-state index is 12.7. The third-order valence-electron chi connectivity index (χ3n) is 4.50. The van der Waals surface area contributed by atoms with Crippen molar-refractivity contribution in [1.29, 1.82) is 0 Å². The summed E-state index contributed by atoms with van der Waals surface area (Å²) >= 11 is 1.37. The zero-order valence-electron chi connectivity index (χ0n) is 15.8.